The van der Waals surface area contributed by atoms with Crippen molar-refractivity contribution in [2.24, 2.45) is 0 Å². The van der Waals surface area contributed by atoms with E-state index in [1.807, 2.05) is 11.8 Å². The Bertz CT molecular complexity index is 1490. The van der Waals surface area contributed by atoms with Crippen molar-refractivity contribution in [2.75, 3.05) is 0 Å². The predicted octanol–water partition coefficient (Wildman–Crippen LogP) is 9.62. The van der Waals surface area contributed by atoms with Crippen LogP contribution < -0.4 is 0 Å². The lowest BCUT2D eigenvalue weighted by Crippen LogP contribution is -2.14. The molecule has 5 aromatic carbocycles. The van der Waals surface area contributed by atoms with Crippen molar-refractivity contribution in [1.82, 2.24) is 0 Å². The quantitative estimate of drug-likeness (QED) is 0.231. The highest BCUT2D eigenvalue weighted by Gasteiger charge is 2.35. The molecule has 0 atom stereocenters. The zero-order valence-corrected chi connectivity index (χ0v) is 21.0. The summed E-state index contributed by atoms with van der Waals surface area (Å²) < 4.78 is 0. The fourth-order valence-electron chi connectivity index (χ4n) is 5.24. The highest BCUT2D eigenvalue weighted by Crippen LogP contribution is 2.49. The van der Waals surface area contributed by atoms with Crippen molar-refractivity contribution in [1.29, 1.82) is 0 Å². The summed E-state index contributed by atoms with van der Waals surface area (Å²) in [6.45, 7) is 4.69. The largest absolute Gasteiger partial charge is 0.121 e. The maximum Gasteiger partial charge on any atom is 0.0232 e. The topological polar surface area (TPSA) is 0 Å². The second-order valence-electron chi connectivity index (χ2n) is 9.81. The minimum atomic E-state index is 0.0540. The van der Waals surface area contributed by atoms with Crippen LogP contribution in [0.25, 0.3) is 33.4 Å². The molecule has 35 heavy (non-hydrogen) atoms. The Hall–Kier alpha value is -3.55. The van der Waals surface area contributed by atoms with Crippen LogP contribution in [-0.2, 0) is 11.2 Å². The van der Waals surface area contributed by atoms with Gasteiger partial charge in [0.05, 0.1) is 0 Å². The van der Waals surface area contributed by atoms with E-state index in [2.05, 4.69) is 135 Å². The SMILES string of the molecule is CC1(C)c2ccccc2-c2ccc(SCc3ccc(-c4cccc(-c5ccccc5)c4)cc3)cc21. The molecular weight excluding hydrogens is 440 g/mol. The Morgan fingerprint density at radius 3 is 1.91 bits per heavy atom. The smallest absolute Gasteiger partial charge is 0.0232 e. The summed E-state index contributed by atoms with van der Waals surface area (Å²) in [5.41, 5.74) is 12.1. The van der Waals surface area contributed by atoms with E-state index < -0.39 is 0 Å². The Morgan fingerprint density at radius 1 is 0.514 bits per heavy atom. The minimum absolute atomic E-state index is 0.0540. The molecule has 0 saturated heterocycles. The average molecular weight is 469 g/mol. The van der Waals surface area contributed by atoms with Crippen molar-refractivity contribution in [3.63, 3.8) is 0 Å². The Balaban J connectivity index is 1.18. The molecule has 6 rings (SSSR count). The lowest BCUT2D eigenvalue weighted by molar-refractivity contribution is 0.658. The molecule has 0 unspecified atom stereocenters. The fourth-order valence-corrected chi connectivity index (χ4v) is 6.13. The van der Waals surface area contributed by atoms with Gasteiger partial charge in [0.25, 0.3) is 0 Å². The molecule has 0 amide bonds. The standard InChI is InChI=1S/C34H28S/c1-34(2)32-14-7-6-13-30(32)31-20-19-29(22-33(31)34)35-23-24-15-17-26(18-16-24)28-12-8-11-27(21-28)25-9-4-3-5-10-25/h3-22H,23H2,1-2H3. The van der Waals surface area contributed by atoms with Crippen LogP contribution in [0.2, 0.25) is 0 Å². The number of hydrogen-bond donors (Lipinski definition) is 0. The summed E-state index contributed by atoms with van der Waals surface area (Å²) in [6.07, 6.45) is 0. The van der Waals surface area contributed by atoms with E-state index in [9.17, 15) is 0 Å². The number of thioether (sulfide) groups is 1. The van der Waals surface area contributed by atoms with Gasteiger partial charge in [-0.1, -0.05) is 117 Å². The molecule has 1 aliphatic carbocycles. The van der Waals surface area contributed by atoms with Crippen LogP contribution >= 0.6 is 11.8 Å². The first kappa shape index (κ1) is 21.9. The highest BCUT2D eigenvalue weighted by molar-refractivity contribution is 7.98. The van der Waals surface area contributed by atoms with Crippen LogP contribution in [0.15, 0.2) is 126 Å². The zero-order valence-electron chi connectivity index (χ0n) is 20.2. The Morgan fingerprint density at radius 2 is 1.14 bits per heavy atom. The molecule has 0 saturated carbocycles. The zero-order chi connectivity index (χ0) is 23.8. The molecule has 0 radical (unpaired) electrons. The summed E-state index contributed by atoms with van der Waals surface area (Å²) >= 11 is 1.92. The molecule has 1 aliphatic rings. The number of rotatable bonds is 5. The third kappa shape index (κ3) is 4.11. The maximum absolute atomic E-state index is 2.41. The lowest BCUT2D eigenvalue weighted by atomic mass is 9.82. The molecule has 0 spiro atoms. The molecular formula is C34H28S. The monoisotopic (exact) mass is 468 g/mol. The molecule has 0 aromatic heterocycles. The molecule has 0 fully saturated rings. The molecule has 0 N–H and O–H groups in total. The molecule has 0 aliphatic heterocycles. The van der Waals surface area contributed by atoms with E-state index in [1.165, 1.54) is 55.0 Å². The lowest BCUT2D eigenvalue weighted by Gasteiger charge is -2.21. The maximum atomic E-state index is 2.41. The van der Waals surface area contributed by atoms with Gasteiger partial charge in [-0.15, -0.1) is 11.8 Å². The average Bonchev–Trinajstić information content (AvgIpc) is 3.15. The van der Waals surface area contributed by atoms with Gasteiger partial charge >= 0.3 is 0 Å². The second kappa shape index (κ2) is 8.91. The summed E-state index contributed by atoms with van der Waals surface area (Å²) in [6, 6.07) is 44.3. The summed E-state index contributed by atoms with van der Waals surface area (Å²) in [4.78, 5) is 1.34. The molecule has 5 aromatic rings. The van der Waals surface area contributed by atoms with Crippen LogP contribution in [0.4, 0.5) is 0 Å². The van der Waals surface area contributed by atoms with E-state index in [0.29, 0.717) is 0 Å². The van der Waals surface area contributed by atoms with Crippen molar-refractivity contribution in [2.45, 2.75) is 29.9 Å². The van der Waals surface area contributed by atoms with Crippen LogP contribution in [0.3, 0.4) is 0 Å². The van der Waals surface area contributed by atoms with Crippen molar-refractivity contribution in [3.8, 4) is 33.4 Å². The predicted molar refractivity (Wildman–Crippen MR) is 151 cm³/mol. The van der Waals surface area contributed by atoms with Gasteiger partial charge in [0, 0.05) is 16.1 Å². The fraction of sp³-hybridized carbons (Fsp3) is 0.118. The number of benzene rings is 5. The van der Waals surface area contributed by atoms with E-state index in [1.54, 1.807) is 0 Å². The second-order valence-corrected chi connectivity index (χ2v) is 10.9. The molecule has 1 heteroatoms. The van der Waals surface area contributed by atoms with Crippen LogP contribution in [-0.4, -0.2) is 0 Å². The van der Waals surface area contributed by atoms with Gasteiger partial charge < -0.3 is 0 Å². The normalized spacial score (nSPS) is 13.3. The van der Waals surface area contributed by atoms with Crippen LogP contribution in [0.1, 0.15) is 30.5 Å². The molecule has 170 valence electrons. The molecule has 0 nitrogen and oxygen atoms in total. The first-order chi connectivity index (χ1) is 17.1. The van der Waals surface area contributed by atoms with Gasteiger partial charge in [-0.2, -0.15) is 0 Å². The van der Waals surface area contributed by atoms with Crippen molar-refractivity contribution >= 4 is 11.8 Å². The highest BCUT2D eigenvalue weighted by atomic mass is 32.2. The van der Waals surface area contributed by atoms with E-state index in [4.69, 9.17) is 0 Å². The van der Waals surface area contributed by atoms with Crippen LogP contribution in [0.5, 0.6) is 0 Å². The minimum Gasteiger partial charge on any atom is -0.121 e. The van der Waals surface area contributed by atoms with Gasteiger partial charge in [0.15, 0.2) is 0 Å². The van der Waals surface area contributed by atoms with Gasteiger partial charge in [-0.3, -0.25) is 0 Å². The number of hydrogen-bond acceptors (Lipinski definition) is 1. The molecule has 0 heterocycles. The summed E-state index contributed by atoms with van der Waals surface area (Å²) in [7, 11) is 0. The molecule has 0 bridgehead atoms. The number of fused-ring (bicyclic) bond motifs is 3. The van der Waals surface area contributed by atoms with Gasteiger partial charge in [0.1, 0.15) is 0 Å². The third-order valence-electron chi connectivity index (χ3n) is 7.22. The van der Waals surface area contributed by atoms with Crippen molar-refractivity contribution in [3.05, 3.63) is 138 Å². The van der Waals surface area contributed by atoms with Crippen LogP contribution in [0, 0.1) is 0 Å². The summed E-state index contributed by atoms with van der Waals surface area (Å²) in [5.74, 6) is 0.969. The van der Waals surface area contributed by atoms with Crippen molar-refractivity contribution < 1.29 is 0 Å². The first-order valence-corrected chi connectivity index (χ1v) is 13.2. The van der Waals surface area contributed by atoms with E-state index in [-0.39, 0.29) is 5.41 Å². The van der Waals surface area contributed by atoms with E-state index >= 15 is 0 Å². The summed E-state index contributed by atoms with van der Waals surface area (Å²) in [5, 5.41) is 0. The third-order valence-corrected chi connectivity index (χ3v) is 8.28. The Labute approximate surface area is 212 Å². The van der Waals surface area contributed by atoms with Gasteiger partial charge in [-0.25, -0.2) is 0 Å². The van der Waals surface area contributed by atoms with E-state index in [0.717, 1.165) is 5.75 Å². The first-order valence-electron chi connectivity index (χ1n) is 12.2. The van der Waals surface area contributed by atoms with Gasteiger partial charge in [0.2, 0.25) is 0 Å². The van der Waals surface area contributed by atoms with Gasteiger partial charge in [-0.05, 0) is 68.3 Å². The Kier molecular flexibility index (Phi) is 5.59.